The number of nitrogens with zero attached hydrogens (tertiary/aromatic N) is 3. The summed E-state index contributed by atoms with van der Waals surface area (Å²) in [4.78, 5) is 75.5. The van der Waals surface area contributed by atoms with Crippen LogP contribution in [0.15, 0.2) is 60.0 Å². The normalized spacial score (nSPS) is 17.6. The molecule has 316 valence electrons. The van der Waals surface area contributed by atoms with Crippen molar-refractivity contribution in [1.29, 1.82) is 0 Å². The molecular formula is C45H63N5O7S. The Morgan fingerprint density at radius 2 is 1.66 bits per heavy atom. The van der Waals surface area contributed by atoms with Crippen LogP contribution in [0.2, 0.25) is 0 Å². The summed E-state index contributed by atoms with van der Waals surface area (Å²) in [5.41, 5.74) is 3.10. The van der Waals surface area contributed by atoms with Crippen LogP contribution in [-0.4, -0.2) is 87.3 Å². The summed E-state index contributed by atoms with van der Waals surface area (Å²) in [6.07, 6.45) is 3.36. The molecule has 12 nitrogen and oxygen atoms in total. The second kappa shape index (κ2) is 21.9. The molecular weight excluding hydrogens is 755 g/mol. The molecule has 0 spiro atoms. The number of amides is 3. The molecule has 1 aromatic heterocycles. The minimum absolute atomic E-state index is 0.107. The molecule has 3 N–H and O–H groups in total. The van der Waals surface area contributed by atoms with Crippen LogP contribution in [0.4, 0.5) is 0 Å². The number of carbonyl (C=O) groups is 5. The number of aromatic nitrogens is 1. The van der Waals surface area contributed by atoms with E-state index >= 15 is 0 Å². The van der Waals surface area contributed by atoms with E-state index in [-0.39, 0.29) is 54.8 Å². The first-order valence-corrected chi connectivity index (χ1v) is 21.5. The van der Waals surface area contributed by atoms with Gasteiger partial charge in [-0.15, -0.1) is 11.3 Å². The molecule has 58 heavy (non-hydrogen) atoms. The van der Waals surface area contributed by atoms with Gasteiger partial charge < -0.3 is 25.4 Å². The van der Waals surface area contributed by atoms with Gasteiger partial charge in [0, 0.05) is 37.4 Å². The Morgan fingerprint density at radius 3 is 2.26 bits per heavy atom. The molecule has 0 aliphatic carbocycles. The number of nitrogens with one attached hydrogen (secondary N) is 2. The third-order valence-corrected chi connectivity index (χ3v) is 12.2. The van der Waals surface area contributed by atoms with Gasteiger partial charge >= 0.3 is 11.9 Å². The monoisotopic (exact) mass is 817 g/mol. The molecule has 13 heteroatoms. The number of likely N-dealkylation sites (N-methyl/N-ethyl adjacent to an activating group) is 1. The van der Waals surface area contributed by atoms with Gasteiger partial charge in [0.2, 0.25) is 11.8 Å². The largest absolute Gasteiger partial charge is 0.481 e. The number of aryl methyl sites for hydroxylation is 1. The summed E-state index contributed by atoms with van der Waals surface area (Å²) in [5, 5.41) is 17.8. The average molecular weight is 818 g/mol. The number of carbonyl (C=O) groups excluding carboxylic acids is 4. The minimum Gasteiger partial charge on any atom is -0.481 e. The SMILES string of the molecule is CCC(C)C(NC(=O)C1CCCCN1C)C(=O)N(Cc1ccccc1)[C@H](C[C@@H](OC(C)=O)c1nc(C(=O)N[C@@H](Cc2ccc(C)cc2)C[C@H](C)C(=O)O)cs1)C(C)C. The number of piperidine rings is 1. The summed E-state index contributed by atoms with van der Waals surface area (Å²) in [5.74, 6) is -3.25. The van der Waals surface area contributed by atoms with E-state index in [2.05, 4.69) is 20.5 Å². The maximum atomic E-state index is 15.0. The molecule has 1 aliphatic heterocycles. The molecule has 0 radical (unpaired) electrons. The number of rotatable bonds is 20. The van der Waals surface area contributed by atoms with Crippen molar-refractivity contribution in [1.82, 2.24) is 25.4 Å². The van der Waals surface area contributed by atoms with Crippen molar-refractivity contribution < 1.29 is 33.8 Å². The van der Waals surface area contributed by atoms with Crippen molar-refractivity contribution in [2.45, 2.75) is 130 Å². The van der Waals surface area contributed by atoms with E-state index < -0.39 is 48.0 Å². The van der Waals surface area contributed by atoms with Crippen molar-refractivity contribution in [3.63, 3.8) is 0 Å². The highest BCUT2D eigenvalue weighted by atomic mass is 32.1. The number of hydrogen-bond acceptors (Lipinski definition) is 9. The zero-order valence-electron chi connectivity index (χ0n) is 35.4. The number of esters is 1. The average Bonchev–Trinajstić information content (AvgIpc) is 3.69. The summed E-state index contributed by atoms with van der Waals surface area (Å²) in [6, 6.07) is 15.6. The van der Waals surface area contributed by atoms with Gasteiger partial charge in [0.05, 0.1) is 12.0 Å². The molecule has 1 aliphatic rings. The van der Waals surface area contributed by atoms with Crippen molar-refractivity contribution in [3.8, 4) is 0 Å². The summed E-state index contributed by atoms with van der Waals surface area (Å²) in [7, 11) is 1.95. The zero-order valence-corrected chi connectivity index (χ0v) is 36.2. The number of carboxylic acids is 1. The number of likely N-dealkylation sites (tertiary alicyclic amines) is 1. The third-order valence-electron chi connectivity index (χ3n) is 11.3. The van der Waals surface area contributed by atoms with Crippen LogP contribution in [0, 0.1) is 24.7 Å². The topological polar surface area (TPSA) is 158 Å². The van der Waals surface area contributed by atoms with E-state index in [9.17, 15) is 29.1 Å². The fourth-order valence-corrected chi connectivity index (χ4v) is 8.40. The van der Waals surface area contributed by atoms with E-state index in [1.165, 1.54) is 18.3 Å². The first kappa shape index (κ1) is 46.1. The lowest BCUT2D eigenvalue weighted by molar-refractivity contribution is -0.150. The molecule has 0 bridgehead atoms. The first-order chi connectivity index (χ1) is 27.6. The van der Waals surface area contributed by atoms with Gasteiger partial charge in [-0.2, -0.15) is 0 Å². The molecule has 1 saturated heterocycles. The lowest BCUT2D eigenvalue weighted by atomic mass is 9.91. The van der Waals surface area contributed by atoms with Gasteiger partial charge in [-0.3, -0.25) is 28.9 Å². The molecule has 0 saturated carbocycles. The van der Waals surface area contributed by atoms with Crippen molar-refractivity contribution in [3.05, 3.63) is 87.4 Å². The van der Waals surface area contributed by atoms with Crippen LogP contribution in [0.5, 0.6) is 0 Å². The van der Waals surface area contributed by atoms with Gasteiger partial charge in [-0.05, 0) is 69.2 Å². The summed E-state index contributed by atoms with van der Waals surface area (Å²) < 4.78 is 5.92. The lowest BCUT2D eigenvalue weighted by Crippen LogP contribution is -2.58. The smallest absolute Gasteiger partial charge is 0.306 e. The Kier molecular flexibility index (Phi) is 17.4. The Bertz CT molecular complexity index is 1820. The second-order valence-electron chi connectivity index (χ2n) is 16.4. The third kappa shape index (κ3) is 13.2. The first-order valence-electron chi connectivity index (χ1n) is 20.6. The Hall–Kier alpha value is -4.62. The van der Waals surface area contributed by atoms with E-state index in [4.69, 9.17) is 4.74 Å². The van der Waals surface area contributed by atoms with Crippen molar-refractivity contribution >= 4 is 41.0 Å². The van der Waals surface area contributed by atoms with Gasteiger partial charge in [0.25, 0.3) is 5.91 Å². The number of thiazole rings is 1. The fraction of sp³-hybridized carbons (Fsp3) is 0.556. The maximum Gasteiger partial charge on any atom is 0.306 e. The van der Waals surface area contributed by atoms with Gasteiger partial charge in [0.15, 0.2) is 6.10 Å². The molecule has 3 unspecified atom stereocenters. The number of carboxylic acid groups (broad SMARTS) is 1. The van der Waals surface area contributed by atoms with E-state index in [1.54, 1.807) is 12.3 Å². The predicted molar refractivity (Wildman–Crippen MR) is 226 cm³/mol. The molecule has 7 atom stereocenters. The molecule has 4 rings (SSSR count). The van der Waals surface area contributed by atoms with Crippen LogP contribution in [0.3, 0.4) is 0 Å². The number of benzene rings is 2. The summed E-state index contributed by atoms with van der Waals surface area (Å²) in [6.45, 7) is 14.0. The van der Waals surface area contributed by atoms with Crippen LogP contribution in [0.1, 0.15) is 118 Å². The predicted octanol–water partition coefficient (Wildman–Crippen LogP) is 6.97. The van der Waals surface area contributed by atoms with E-state index in [0.717, 1.165) is 42.5 Å². The number of hydrogen-bond donors (Lipinski definition) is 3. The Morgan fingerprint density at radius 1 is 0.966 bits per heavy atom. The van der Waals surface area contributed by atoms with Gasteiger partial charge in [0.1, 0.15) is 16.7 Å². The van der Waals surface area contributed by atoms with Crippen LogP contribution < -0.4 is 10.6 Å². The van der Waals surface area contributed by atoms with E-state index in [1.807, 2.05) is 101 Å². The number of aliphatic carboxylic acids is 1. The second-order valence-corrected chi connectivity index (χ2v) is 17.3. The molecule has 2 aromatic carbocycles. The quantitative estimate of drug-likeness (QED) is 0.103. The highest BCUT2D eigenvalue weighted by Crippen LogP contribution is 2.32. The van der Waals surface area contributed by atoms with Gasteiger partial charge in [-0.25, -0.2) is 4.98 Å². The number of ether oxygens (including phenoxy) is 1. The standard InChI is InChI=1S/C45H63N5O7S/c1-9-30(5)40(48-42(53)37-17-13-14-22-49(37)8)44(54)50(26-34-15-11-10-12-16-34)38(28(2)3)25-39(57-32(7)51)43-47-36(27-58-43)41(52)46-35(23-31(6)45(55)56)24-33-20-18-29(4)19-21-33/h10-12,15-16,18-21,27-28,30-31,35,37-40H,9,13-14,17,22-26H2,1-8H3,(H,46,52)(H,48,53)(H,55,56)/t30?,31-,35+,37?,38+,39+,40?/m0/s1. The highest BCUT2D eigenvalue weighted by molar-refractivity contribution is 7.09. The molecule has 1 fully saturated rings. The molecule has 3 aromatic rings. The summed E-state index contributed by atoms with van der Waals surface area (Å²) >= 11 is 1.19. The Labute approximate surface area is 348 Å². The fourth-order valence-electron chi connectivity index (χ4n) is 7.56. The van der Waals surface area contributed by atoms with Crippen LogP contribution in [-0.2, 0) is 36.9 Å². The van der Waals surface area contributed by atoms with Crippen LogP contribution in [0.25, 0.3) is 0 Å². The highest BCUT2D eigenvalue weighted by Gasteiger charge is 2.39. The van der Waals surface area contributed by atoms with Gasteiger partial charge in [-0.1, -0.05) is 108 Å². The lowest BCUT2D eigenvalue weighted by Gasteiger charge is -2.40. The van der Waals surface area contributed by atoms with Crippen molar-refractivity contribution in [2.24, 2.45) is 17.8 Å². The molecule has 2 heterocycles. The molecule has 3 amide bonds. The van der Waals surface area contributed by atoms with E-state index in [0.29, 0.717) is 17.8 Å². The minimum atomic E-state index is -0.947. The van der Waals surface area contributed by atoms with Crippen LogP contribution >= 0.6 is 11.3 Å². The Balaban J connectivity index is 1.64. The van der Waals surface area contributed by atoms with Crippen molar-refractivity contribution in [2.75, 3.05) is 13.6 Å². The maximum absolute atomic E-state index is 15.0. The zero-order chi connectivity index (χ0) is 42.5.